The summed E-state index contributed by atoms with van der Waals surface area (Å²) in [5.74, 6) is 0.113. The number of hydrogen-bond donors (Lipinski definition) is 1. The van der Waals surface area contributed by atoms with E-state index in [0.717, 1.165) is 31.4 Å². The number of imidazole rings is 1. The predicted molar refractivity (Wildman–Crippen MR) is 105 cm³/mol. The molecule has 7 heteroatoms. The second-order valence-corrected chi connectivity index (χ2v) is 7.80. The lowest BCUT2D eigenvalue weighted by Crippen LogP contribution is -2.32. The van der Waals surface area contributed by atoms with Gasteiger partial charge < -0.3 is 14.4 Å². The van der Waals surface area contributed by atoms with Crippen molar-refractivity contribution in [3.8, 4) is 28.7 Å². The third kappa shape index (κ3) is 3.83. The Hall–Kier alpha value is -2.96. The molecule has 2 heterocycles. The molecule has 0 aliphatic heterocycles. The van der Waals surface area contributed by atoms with E-state index >= 15 is 0 Å². The van der Waals surface area contributed by atoms with Crippen LogP contribution >= 0.6 is 0 Å². The zero-order valence-electron chi connectivity index (χ0n) is 16.2. The predicted octanol–water partition coefficient (Wildman–Crippen LogP) is 4.17. The van der Waals surface area contributed by atoms with Crippen molar-refractivity contribution in [3.05, 3.63) is 43.1 Å². The molecule has 1 N–H and O–H groups in total. The Morgan fingerprint density at radius 2 is 2.21 bits per heavy atom. The molecule has 1 aromatic carbocycles. The number of phenolic OH excluding ortho intramolecular Hbond substituents is 1. The van der Waals surface area contributed by atoms with Gasteiger partial charge in [-0.3, -0.25) is 0 Å². The average molecular weight is 379 g/mol. The maximum atomic E-state index is 10.4. The Kier molecular flexibility index (Phi) is 4.98. The molecule has 0 radical (unpaired) electrons. The van der Waals surface area contributed by atoms with Gasteiger partial charge in [0.25, 0.3) is 0 Å². The van der Waals surface area contributed by atoms with Crippen LogP contribution in [0.5, 0.6) is 11.8 Å². The van der Waals surface area contributed by atoms with Gasteiger partial charge in [0, 0.05) is 24.0 Å². The first-order valence-corrected chi connectivity index (χ1v) is 9.74. The van der Waals surface area contributed by atoms with Gasteiger partial charge in [0.15, 0.2) is 0 Å². The number of aromatic nitrogens is 5. The largest absolute Gasteiger partial charge is 0.507 e. The van der Waals surface area contributed by atoms with E-state index in [9.17, 15) is 5.11 Å². The quantitative estimate of drug-likeness (QED) is 0.716. The number of aromatic hydroxyl groups is 1. The minimum atomic E-state index is 0.113. The Morgan fingerprint density at radius 1 is 1.32 bits per heavy atom. The maximum absolute atomic E-state index is 10.4. The fourth-order valence-electron chi connectivity index (χ4n) is 3.83. The molecule has 1 aliphatic carbocycles. The van der Waals surface area contributed by atoms with Gasteiger partial charge in [0.1, 0.15) is 17.5 Å². The Bertz CT molecular complexity index is 926. The lowest BCUT2D eigenvalue weighted by Gasteiger charge is -2.36. The van der Waals surface area contributed by atoms with E-state index in [0.29, 0.717) is 22.7 Å². The molecule has 28 heavy (non-hydrogen) atoms. The van der Waals surface area contributed by atoms with E-state index in [4.69, 9.17) is 4.74 Å². The minimum absolute atomic E-state index is 0.113. The number of phenols is 1. The smallest absolute Gasteiger partial charge is 0.335 e. The standard InChI is InChI=1S/C21H25N5O2/c1-3-21(2)8-4-5-16(12-21)28-20-23-13-18(24-25-20)17-7-6-15(11-19(17)27)26-10-9-22-14-26/h6-7,9-11,13-14,16,27H,3-5,8,12H2,1-2H3/t16-,21+/m1/s1. The highest BCUT2D eigenvalue weighted by Gasteiger charge is 2.32. The lowest BCUT2D eigenvalue weighted by atomic mass is 9.73. The summed E-state index contributed by atoms with van der Waals surface area (Å²) in [6.45, 7) is 4.56. The highest BCUT2D eigenvalue weighted by molar-refractivity contribution is 5.67. The van der Waals surface area contributed by atoms with Gasteiger partial charge in [-0.1, -0.05) is 25.4 Å². The van der Waals surface area contributed by atoms with Gasteiger partial charge >= 0.3 is 6.01 Å². The normalized spacial score (nSPS) is 22.1. The highest BCUT2D eigenvalue weighted by Crippen LogP contribution is 2.39. The van der Waals surface area contributed by atoms with Crippen LogP contribution in [0.3, 0.4) is 0 Å². The first-order chi connectivity index (χ1) is 13.6. The van der Waals surface area contributed by atoms with Gasteiger partial charge in [0.2, 0.25) is 0 Å². The summed E-state index contributed by atoms with van der Waals surface area (Å²) in [7, 11) is 0. The third-order valence-electron chi connectivity index (χ3n) is 5.75. The molecule has 2 aromatic heterocycles. The van der Waals surface area contributed by atoms with Crippen molar-refractivity contribution in [1.29, 1.82) is 0 Å². The minimum Gasteiger partial charge on any atom is -0.507 e. The fourth-order valence-corrected chi connectivity index (χ4v) is 3.83. The van der Waals surface area contributed by atoms with Crippen LogP contribution in [0.25, 0.3) is 16.9 Å². The third-order valence-corrected chi connectivity index (χ3v) is 5.75. The molecule has 1 fully saturated rings. The average Bonchev–Trinajstić information content (AvgIpc) is 3.24. The van der Waals surface area contributed by atoms with E-state index in [-0.39, 0.29) is 11.9 Å². The van der Waals surface area contributed by atoms with Crippen molar-refractivity contribution < 1.29 is 9.84 Å². The number of ether oxygens (including phenoxy) is 1. The molecule has 0 spiro atoms. The summed E-state index contributed by atoms with van der Waals surface area (Å²) < 4.78 is 7.80. The van der Waals surface area contributed by atoms with Gasteiger partial charge in [0.05, 0.1) is 18.2 Å². The molecule has 0 saturated heterocycles. The molecule has 4 rings (SSSR count). The number of rotatable bonds is 5. The van der Waals surface area contributed by atoms with Gasteiger partial charge in [-0.05, 0) is 43.2 Å². The molecular weight excluding hydrogens is 354 g/mol. The summed E-state index contributed by atoms with van der Waals surface area (Å²) >= 11 is 0. The van der Waals surface area contributed by atoms with Crippen LogP contribution in [0.1, 0.15) is 46.0 Å². The molecule has 0 unspecified atom stereocenters. The van der Waals surface area contributed by atoms with Crippen LogP contribution in [-0.2, 0) is 0 Å². The molecule has 0 bridgehead atoms. The van der Waals surface area contributed by atoms with Crippen molar-refractivity contribution in [2.24, 2.45) is 5.41 Å². The van der Waals surface area contributed by atoms with E-state index in [1.54, 1.807) is 30.9 Å². The molecular formula is C21H25N5O2. The first-order valence-electron chi connectivity index (χ1n) is 9.74. The van der Waals surface area contributed by atoms with E-state index in [1.165, 1.54) is 6.42 Å². The van der Waals surface area contributed by atoms with Gasteiger partial charge in [-0.2, -0.15) is 0 Å². The molecule has 1 aliphatic rings. The monoisotopic (exact) mass is 379 g/mol. The SMILES string of the molecule is CC[C@@]1(C)CCC[C@@H](Oc2ncc(-c3ccc(-n4ccnc4)cc3O)nn2)C1. The van der Waals surface area contributed by atoms with Crippen LogP contribution < -0.4 is 4.74 Å². The highest BCUT2D eigenvalue weighted by atomic mass is 16.5. The molecule has 2 atom stereocenters. The molecule has 1 saturated carbocycles. The van der Waals surface area contributed by atoms with E-state index < -0.39 is 0 Å². The van der Waals surface area contributed by atoms with Crippen molar-refractivity contribution in [2.45, 2.75) is 52.1 Å². The Balaban J connectivity index is 1.47. The van der Waals surface area contributed by atoms with E-state index in [2.05, 4.69) is 34.0 Å². The molecule has 7 nitrogen and oxygen atoms in total. The van der Waals surface area contributed by atoms with Crippen LogP contribution in [0, 0.1) is 5.41 Å². The number of benzene rings is 1. The molecule has 146 valence electrons. The lowest BCUT2D eigenvalue weighted by molar-refractivity contribution is 0.0642. The maximum Gasteiger partial charge on any atom is 0.335 e. The number of hydrogen-bond acceptors (Lipinski definition) is 6. The fraction of sp³-hybridized carbons (Fsp3) is 0.429. The Labute approximate surface area is 164 Å². The zero-order chi connectivity index (χ0) is 19.6. The van der Waals surface area contributed by atoms with Crippen LogP contribution in [0.15, 0.2) is 43.1 Å². The summed E-state index contributed by atoms with van der Waals surface area (Å²) in [6.07, 6.45) is 12.5. The summed E-state index contributed by atoms with van der Waals surface area (Å²) in [6, 6.07) is 5.64. The summed E-state index contributed by atoms with van der Waals surface area (Å²) in [5.41, 5.74) is 2.23. The Morgan fingerprint density at radius 3 is 2.89 bits per heavy atom. The van der Waals surface area contributed by atoms with Crippen molar-refractivity contribution in [2.75, 3.05) is 0 Å². The van der Waals surface area contributed by atoms with Crippen LogP contribution in [0.4, 0.5) is 0 Å². The van der Waals surface area contributed by atoms with Crippen molar-refractivity contribution in [3.63, 3.8) is 0 Å². The number of nitrogens with zero attached hydrogens (tertiary/aromatic N) is 5. The molecule has 0 amide bonds. The van der Waals surface area contributed by atoms with Crippen LogP contribution in [0.2, 0.25) is 0 Å². The van der Waals surface area contributed by atoms with Crippen molar-refractivity contribution >= 4 is 0 Å². The summed E-state index contributed by atoms with van der Waals surface area (Å²) in [5, 5.41) is 18.7. The van der Waals surface area contributed by atoms with Gasteiger partial charge in [-0.15, -0.1) is 5.10 Å². The topological polar surface area (TPSA) is 86.0 Å². The zero-order valence-corrected chi connectivity index (χ0v) is 16.2. The second-order valence-electron chi connectivity index (χ2n) is 7.80. The van der Waals surface area contributed by atoms with Crippen LogP contribution in [-0.4, -0.2) is 35.9 Å². The molecule has 3 aromatic rings. The van der Waals surface area contributed by atoms with Gasteiger partial charge in [-0.25, -0.2) is 9.97 Å². The van der Waals surface area contributed by atoms with E-state index in [1.807, 2.05) is 16.8 Å². The summed E-state index contributed by atoms with van der Waals surface area (Å²) in [4.78, 5) is 8.33. The van der Waals surface area contributed by atoms with Crippen molar-refractivity contribution in [1.82, 2.24) is 24.7 Å². The second kappa shape index (κ2) is 7.58. The first kappa shape index (κ1) is 18.4.